The Morgan fingerprint density at radius 1 is 1.10 bits per heavy atom. The largest absolute Gasteiger partial charge is 0.355 e. The molecule has 1 N–H and O–H groups in total. The van der Waals surface area contributed by atoms with Crippen LogP contribution in [0.25, 0.3) is 11.3 Å². The highest BCUT2D eigenvalue weighted by Crippen LogP contribution is 2.21. The number of benzene rings is 2. The van der Waals surface area contributed by atoms with Gasteiger partial charge in [0.15, 0.2) is 11.5 Å². The number of nitrogens with zero attached hydrogens (tertiary/aromatic N) is 2. The maximum atomic E-state index is 12.2. The van der Waals surface area contributed by atoms with Crippen LogP contribution in [0.4, 0.5) is 5.69 Å². The maximum Gasteiger partial charge on any atom is 0.274 e. The zero-order valence-electron chi connectivity index (χ0n) is 16.4. The van der Waals surface area contributed by atoms with E-state index in [2.05, 4.69) is 22.3 Å². The molecule has 2 heterocycles. The molecule has 1 aromatic heterocycles. The Balaban J connectivity index is 1.31. The Morgan fingerprint density at radius 2 is 1.90 bits per heavy atom. The second-order valence-electron chi connectivity index (χ2n) is 6.98. The number of piperidine rings is 1. The Bertz CT molecular complexity index is 1090. The van der Waals surface area contributed by atoms with Crippen molar-refractivity contribution in [2.75, 3.05) is 18.0 Å². The van der Waals surface area contributed by atoms with Gasteiger partial charge < -0.3 is 14.7 Å². The van der Waals surface area contributed by atoms with E-state index in [1.807, 2.05) is 59.5 Å². The topological polar surface area (TPSA) is 75.4 Å². The summed E-state index contributed by atoms with van der Waals surface area (Å²) in [5.41, 5.74) is 2.80. The van der Waals surface area contributed by atoms with E-state index in [4.69, 9.17) is 4.52 Å². The Hall–Kier alpha value is -3.85. The molecule has 0 saturated carbocycles. The summed E-state index contributed by atoms with van der Waals surface area (Å²) in [4.78, 5) is 26.0. The molecule has 6 nitrogen and oxygen atoms in total. The van der Waals surface area contributed by atoms with Crippen molar-refractivity contribution in [2.24, 2.45) is 0 Å². The summed E-state index contributed by atoms with van der Waals surface area (Å²) in [5.74, 6) is 6.31. The number of anilines is 1. The Morgan fingerprint density at radius 3 is 2.67 bits per heavy atom. The molecule has 0 radical (unpaired) electrons. The molecule has 30 heavy (non-hydrogen) atoms. The first-order valence-corrected chi connectivity index (χ1v) is 9.90. The minimum absolute atomic E-state index is 0.172. The van der Waals surface area contributed by atoms with Gasteiger partial charge in [-0.05, 0) is 37.1 Å². The summed E-state index contributed by atoms with van der Waals surface area (Å²) < 4.78 is 5.24. The van der Waals surface area contributed by atoms with Crippen molar-refractivity contribution in [1.82, 2.24) is 10.5 Å². The summed E-state index contributed by atoms with van der Waals surface area (Å²) in [6.07, 6.45) is 2.61. The van der Waals surface area contributed by atoms with Gasteiger partial charge >= 0.3 is 0 Å². The Labute approximate surface area is 174 Å². The summed E-state index contributed by atoms with van der Waals surface area (Å²) in [5, 5.41) is 6.54. The van der Waals surface area contributed by atoms with Crippen LogP contribution in [0.3, 0.4) is 0 Å². The van der Waals surface area contributed by atoms with E-state index in [9.17, 15) is 9.59 Å². The van der Waals surface area contributed by atoms with Gasteiger partial charge in [0.05, 0.1) is 6.54 Å². The third-order valence-corrected chi connectivity index (χ3v) is 4.87. The van der Waals surface area contributed by atoms with Gasteiger partial charge in [-0.1, -0.05) is 47.3 Å². The highest BCUT2D eigenvalue weighted by molar-refractivity contribution is 5.94. The van der Waals surface area contributed by atoms with Crippen molar-refractivity contribution < 1.29 is 14.1 Å². The van der Waals surface area contributed by atoms with Crippen LogP contribution in [0.2, 0.25) is 0 Å². The fraction of sp³-hybridized carbons (Fsp3) is 0.208. The standard InChI is InChI=1S/C24H21N3O3/c28-23-10-4-5-16-27(23)20-13-11-18(12-14-20)7-6-15-25-24(29)21-17-22(30-26-21)19-8-2-1-3-9-19/h1-3,8-9,11-14,17H,4-5,10,15-16H2,(H,25,29). The van der Waals surface area contributed by atoms with E-state index in [0.717, 1.165) is 36.2 Å². The van der Waals surface area contributed by atoms with Gasteiger partial charge in [0.1, 0.15) is 0 Å². The molecule has 2 aromatic carbocycles. The lowest BCUT2D eigenvalue weighted by molar-refractivity contribution is -0.119. The first-order chi connectivity index (χ1) is 14.7. The number of hydrogen-bond donors (Lipinski definition) is 1. The smallest absolute Gasteiger partial charge is 0.274 e. The van der Waals surface area contributed by atoms with Gasteiger partial charge in [-0.2, -0.15) is 0 Å². The highest BCUT2D eigenvalue weighted by Gasteiger charge is 2.19. The summed E-state index contributed by atoms with van der Waals surface area (Å²) >= 11 is 0. The van der Waals surface area contributed by atoms with Crippen LogP contribution in [0, 0.1) is 11.8 Å². The number of carbonyl (C=O) groups is 2. The lowest BCUT2D eigenvalue weighted by Gasteiger charge is -2.26. The number of nitrogens with one attached hydrogen (secondary N) is 1. The van der Waals surface area contributed by atoms with Crippen LogP contribution in [0.5, 0.6) is 0 Å². The second-order valence-corrected chi connectivity index (χ2v) is 6.98. The lowest BCUT2D eigenvalue weighted by Crippen LogP contribution is -2.35. The minimum Gasteiger partial charge on any atom is -0.355 e. The fourth-order valence-corrected chi connectivity index (χ4v) is 3.29. The average Bonchev–Trinajstić information content (AvgIpc) is 3.29. The molecule has 0 aliphatic carbocycles. The SMILES string of the molecule is O=C(NCC#Cc1ccc(N2CCCCC2=O)cc1)c1cc(-c2ccccc2)on1. The molecule has 6 heteroatoms. The van der Waals surface area contributed by atoms with Crippen molar-refractivity contribution in [3.8, 4) is 23.2 Å². The van der Waals surface area contributed by atoms with Gasteiger partial charge in [0.25, 0.3) is 5.91 Å². The molecule has 1 fully saturated rings. The molecule has 0 spiro atoms. The highest BCUT2D eigenvalue weighted by atomic mass is 16.5. The molecule has 2 amide bonds. The molecule has 150 valence electrons. The van der Waals surface area contributed by atoms with E-state index in [1.54, 1.807) is 6.07 Å². The van der Waals surface area contributed by atoms with Gasteiger partial charge in [0, 0.05) is 35.8 Å². The van der Waals surface area contributed by atoms with Gasteiger partial charge in [-0.15, -0.1) is 0 Å². The number of carbonyl (C=O) groups excluding carboxylic acids is 2. The number of amides is 2. The van der Waals surface area contributed by atoms with Gasteiger partial charge in [0.2, 0.25) is 5.91 Å². The monoisotopic (exact) mass is 399 g/mol. The quantitative estimate of drug-likeness (QED) is 0.680. The maximum absolute atomic E-state index is 12.2. The first kappa shape index (κ1) is 19.5. The van der Waals surface area contributed by atoms with Gasteiger partial charge in [-0.25, -0.2) is 0 Å². The normalized spacial score (nSPS) is 13.5. The van der Waals surface area contributed by atoms with Crippen molar-refractivity contribution in [3.63, 3.8) is 0 Å². The number of rotatable bonds is 4. The summed E-state index contributed by atoms with van der Waals surface area (Å²) in [6, 6.07) is 18.7. The van der Waals surface area contributed by atoms with Crippen molar-refractivity contribution in [3.05, 3.63) is 71.9 Å². The van der Waals surface area contributed by atoms with Crippen LogP contribution < -0.4 is 10.2 Å². The third kappa shape index (κ3) is 4.58. The zero-order valence-corrected chi connectivity index (χ0v) is 16.4. The molecule has 0 atom stereocenters. The Kier molecular flexibility index (Phi) is 5.90. The van der Waals surface area contributed by atoms with Crippen LogP contribution in [-0.4, -0.2) is 30.1 Å². The van der Waals surface area contributed by atoms with Gasteiger partial charge in [-0.3, -0.25) is 9.59 Å². The van der Waals surface area contributed by atoms with E-state index in [-0.39, 0.29) is 24.1 Å². The molecule has 0 unspecified atom stereocenters. The summed E-state index contributed by atoms with van der Waals surface area (Å²) in [6.45, 7) is 0.961. The van der Waals surface area contributed by atoms with E-state index in [0.29, 0.717) is 12.2 Å². The van der Waals surface area contributed by atoms with Crippen molar-refractivity contribution in [2.45, 2.75) is 19.3 Å². The number of hydrogen-bond acceptors (Lipinski definition) is 4. The van der Waals surface area contributed by atoms with E-state index < -0.39 is 0 Å². The zero-order chi connectivity index (χ0) is 20.8. The molecular weight excluding hydrogens is 378 g/mol. The van der Waals surface area contributed by atoms with Crippen molar-refractivity contribution >= 4 is 17.5 Å². The second kappa shape index (κ2) is 9.10. The third-order valence-electron chi connectivity index (χ3n) is 4.87. The van der Waals surface area contributed by atoms with E-state index in [1.165, 1.54) is 0 Å². The molecular formula is C24H21N3O3. The molecule has 3 aromatic rings. The van der Waals surface area contributed by atoms with Crippen molar-refractivity contribution in [1.29, 1.82) is 0 Å². The molecule has 4 rings (SSSR count). The lowest BCUT2D eigenvalue weighted by atomic mass is 10.1. The first-order valence-electron chi connectivity index (χ1n) is 9.90. The van der Waals surface area contributed by atoms with Crippen LogP contribution >= 0.6 is 0 Å². The molecule has 1 aliphatic heterocycles. The van der Waals surface area contributed by atoms with Crippen LogP contribution in [-0.2, 0) is 4.79 Å². The predicted octanol–water partition coefficient (Wildman–Crippen LogP) is 3.64. The fourth-order valence-electron chi connectivity index (χ4n) is 3.29. The predicted molar refractivity (Wildman–Crippen MR) is 114 cm³/mol. The number of aromatic nitrogens is 1. The molecule has 1 saturated heterocycles. The molecule has 0 bridgehead atoms. The summed E-state index contributed by atoms with van der Waals surface area (Å²) in [7, 11) is 0. The molecule has 1 aliphatic rings. The van der Waals surface area contributed by atoms with E-state index >= 15 is 0 Å². The minimum atomic E-state index is -0.339. The average molecular weight is 399 g/mol. The van der Waals surface area contributed by atoms with Crippen LogP contribution in [0.15, 0.2) is 65.2 Å². The van der Waals surface area contributed by atoms with Crippen LogP contribution in [0.1, 0.15) is 35.3 Å².